The highest BCUT2D eigenvalue weighted by molar-refractivity contribution is 5.97. The van der Waals surface area contributed by atoms with Crippen LogP contribution in [0.5, 0.6) is 0 Å². The van der Waals surface area contributed by atoms with Gasteiger partial charge in [-0.1, -0.05) is 72.8 Å². The number of hydrogen-bond acceptors (Lipinski definition) is 3. The third kappa shape index (κ3) is 4.28. The summed E-state index contributed by atoms with van der Waals surface area (Å²) in [6.45, 7) is 0.625. The highest BCUT2D eigenvalue weighted by Gasteiger charge is 2.10. The van der Waals surface area contributed by atoms with Gasteiger partial charge in [0, 0.05) is 11.6 Å². The molecule has 0 spiro atoms. The number of nitrogens with zero attached hydrogens (tertiary/aromatic N) is 4. The molecule has 0 aliphatic rings. The molecule has 2 aromatic heterocycles. The van der Waals surface area contributed by atoms with Gasteiger partial charge in [-0.3, -0.25) is 14.7 Å². The smallest absolute Gasteiger partial charge is 0.111 e. The second kappa shape index (κ2) is 8.76. The lowest BCUT2D eigenvalue weighted by Gasteiger charge is -2.05. The molecule has 3 aromatic carbocycles. The molecule has 5 aromatic rings. The van der Waals surface area contributed by atoms with Gasteiger partial charge in [0.1, 0.15) is 5.69 Å². The van der Waals surface area contributed by atoms with Gasteiger partial charge in [-0.05, 0) is 41.8 Å². The summed E-state index contributed by atoms with van der Waals surface area (Å²) in [7, 11) is 0. The Morgan fingerprint density at radius 1 is 0.774 bits per heavy atom. The van der Waals surface area contributed by atoms with E-state index in [1.807, 2.05) is 59.6 Å². The second-order valence-corrected chi connectivity index (χ2v) is 7.43. The maximum Gasteiger partial charge on any atom is 0.111 e. The number of benzene rings is 3. The molecule has 0 saturated carbocycles. The Labute approximate surface area is 181 Å². The summed E-state index contributed by atoms with van der Waals surface area (Å²) in [5.41, 5.74) is 6.35. The Hall–Kier alpha value is -4.05. The van der Waals surface area contributed by atoms with E-state index in [1.165, 1.54) is 11.1 Å². The van der Waals surface area contributed by atoms with Gasteiger partial charge in [-0.25, -0.2) is 0 Å². The molecule has 150 valence electrons. The minimum atomic E-state index is 0.625. The summed E-state index contributed by atoms with van der Waals surface area (Å²) < 4.78 is 1.99. The lowest BCUT2D eigenvalue weighted by atomic mass is 10.0. The molecule has 0 atom stereocenters. The quantitative estimate of drug-likeness (QED) is 0.336. The minimum Gasteiger partial charge on any atom is -0.259 e. The Bertz CT molecular complexity index is 1320. The third-order valence-corrected chi connectivity index (χ3v) is 5.28. The number of aliphatic imine (C=N–C) groups is 1. The van der Waals surface area contributed by atoms with Crippen molar-refractivity contribution in [1.29, 1.82) is 0 Å². The van der Waals surface area contributed by atoms with Crippen molar-refractivity contribution >= 4 is 22.8 Å². The summed E-state index contributed by atoms with van der Waals surface area (Å²) in [6, 6.07) is 33.0. The molecule has 0 aliphatic carbocycles. The first kappa shape index (κ1) is 18.9. The molecule has 0 unspecified atom stereocenters. The molecule has 0 N–H and O–H groups in total. The molecule has 4 nitrogen and oxygen atoms in total. The van der Waals surface area contributed by atoms with Crippen molar-refractivity contribution in [3.8, 4) is 0 Å². The Balaban J connectivity index is 1.47. The highest BCUT2D eigenvalue weighted by atomic mass is 15.3. The first-order valence-electron chi connectivity index (χ1n) is 10.4. The van der Waals surface area contributed by atoms with Crippen molar-refractivity contribution < 1.29 is 0 Å². The molecule has 5 rings (SSSR count). The van der Waals surface area contributed by atoms with Gasteiger partial charge in [0.2, 0.25) is 0 Å². The van der Waals surface area contributed by atoms with E-state index in [9.17, 15) is 0 Å². The first-order chi connectivity index (χ1) is 15.4. The summed E-state index contributed by atoms with van der Waals surface area (Å²) in [5, 5.41) is 5.93. The molecule has 0 bridgehead atoms. The number of para-hydroxylation sites is 2. The SMILES string of the molecule is C(=Nc1ccccc1Cc1ccccc1)c1nn(Cc2ccccn2)c2ccccc12. The summed E-state index contributed by atoms with van der Waals surface area (Å²) in [4.78, 5) is 9.27. The second-order valence-electron chi connectivity index (χ2n) is 7.43. The average molecular weight is 403 g/mol. The van der Waals surface area contributed by atoms with Gasteiger partial charge in [0.15, 0.2) is 0 Å². The molecule has 0 amide bonds. The fourth-order valence-corrected chi connectivity index (χ4v) is 3.75. The number of fused-ring (bicyclic) bond motifs is 1. The lowest BCUT2D eigenvalue weighted by molar-refractivity contribution is 0.695. The lowest BCUT2D eigenvalue weighted by Crippen LogP contribution is -2.03. The molecule has 0 saturated heterocycles. The maximum atomic E-state index is 4.84. The van der Waals surface area contributed by atoms with Crippen LogP contribution in [-0.2, 0) is 13.0 Å². The molecule has 2 heterocycles. The van der Waals surface area contributed by atoms with E-state index >= 15 is 0 Å². The Morgan fingerprint density at radius 2 is 1.55 bits per heavy atom. The van der Waals surface area contributed by atoms with Gasteiger partial charge in [0.25, 0.3) is 0 Å². The zero-order valence-electron chi connectivity index (χ0n) is 17.1. The molecule has 4 heteroatoms. The topological polar surface area (TPSA) is 43.1 Å². The van der Waals surface area contributed by atoms with Crippen LogP contribution >= 0.6 is 0 Å². The van der Waals surface area contributed by atoms with E-state index in [0.29, 0.717) is 6.54 Å². The normalized spacial score (nSPS) is 11.4. The molecule has 31 heavy (non-hydrogen) atoms. The van der Waals surface area contributed by atoms with Crippen LogP contribution in [-0.4, -0.2) is 21.0 Å². The summed E-state index contributed by atoms with van der Waals surface area (Å²) >= 11 is 0. The van der Waals surface area contributed by atoms with Crippen LogP contribution in [0.1, 0.15) is 22.5 Å². The maximum absolute atomic E-state index is 4.84. The van der Waals surface area contributed by atoms with Crippen molar-refractivity contribution in [1.82, 2.24) is 14.8 Å². The molecule has 0 radical (unpaired) electrons. The van der Waals surface area contributed by atoms with Crippen LogP contribution in [0.4, 0.5) is 5.69 Å². The van der Waals surface area contributed by atoms with E-state index in [4.69, 9.17) is 10.1 Å². The van der Waals surface area contributed by atoms with Crippen LogP contribution in [0.15, 0.2) is 108 Å². The standard InChI is InChI=1S/C27H22N4/c1-2-10-21(11-3-1)18-22-12-4-6-15-25(22)29-19-26-24-14-5-7-16-27(24)31(30-26)20-23-13-8-9-17-28-23/h1-17,19H,18,20H2. The molecule has 0 aliphatic heterocycles. The molecule has 0 fully saturated rings. The Morgan fingerprint density at radius 3 is 2.42 bits per heavy atom. The fourth-order valence-electron chi connectivity index (χ4n) is 3.75. The first-order valence-corrected chi connectivity index (χ1v) is 10.4. The monoisotopic (exact) mass is 402 g/mol. The van der Waals surface area contributed by atoms with E-state index in [1.54, 1.807) is 0 Å². The van der Waals surface area contributed by atoms with Gasteiger partial charge in [-0.2, -0.15) is 5.10 Å². The van der Waals surface area contributed by atoms with Crippen molar-refractivity contribution in [2.24, 2.45) is 4.99 Å². The summed E-state index contributed by atoms with van der Waals surface area (Å²) in [6.07, 6.45) is 4.54. The largest absolute Gasteiger partial charge is 0.259 e. The van der Waals surface area contributed by atoms with Crippen molar-refractivity contribution in [2.75, 3.05) is 0 Å². The van der Waals surface area contributed by atoms with Gasteiger partial charge >= 0.3 is 0 Å². The zero-order chi connectivity index (χ0) is 20.9. The van der Waals surface area contributed by atoms with E-state index in [0.717, 1.165) is 34.4 Å². The van der Waals surface area contributed by atoms with E-state index in [-0.39, 0.29) is 0 Å². The van der Waals surface area contributed by atoms with E-state index in [2.05, 4.69) is 59.6 Å². The minimum absolute atomic E-state index is 0.625. The van der Waals surface area contributed by atoms with Gasteiger partial charge in [0.05, 0.1) is 29.7 Å². The van der Waals surface area contributed by atoms with Crippen LogP contribution in [0.3, 0.4) is 0 Å². The van der Waals surface area contributed by atoms with Crippen LogP contribution in [0.2, 0.25) is 0 Å². The van der Waals surface area contributed by atoms with Crippen LogP contribution < -0.4 is 0 Å². The number of aromatic nitrogens is 3. The van der Waals surface area contributed by atoms with E-state index < -0.39 is 0 Å². The fraction of sp³-hybridized carbons (Fsp3) is 0.0741. The third-order valence-electron chi connectivity index (χ3n) is 5.28. The zero-order valence-corrected chi connectivity index (χ0v) is 17.1. The van der Waals surface area contributed by atoms with Gasteiger partial charge in [-0.15, -0.1) is 0 Å². The average Bonchev–Trinajstić information content (AvgIpc) is 3.17. The molecular formula is C27H22N4. The molecular weight excluding hydrogens is 380 g/mol. The van der Waals surface area contributed by atoms with Crippen molar-refractivity contribution in [3.05, 3.63) is 126 Å². The van der Waals surface area contributed by atoms with Crippen LogP contribution in [0.25, 0.3) is 10.9 Å². The van der Waals surface area contributed by atoms with Gasteiger partial charge < -0.3 is 0 Å². The Kier molecular flexibility index (Phi) is 5.35. The number of rotatable bonds is 6. The summed E-state index contributed by atoms with van der Waals surface area (Å²) in [5.74, 6) is 0. The highest BCUT2D eigenvalue weighted by Crippen LogP contribution is 2.23. The van der Waals surface area contributed by atoms with Crippen molar-refractivity contribution in [3.63, 3.8) is 0 Å². The van der Waals surface area contributed by atoms with Crippen molar-refractivity contribution in [2.45, 2.75) is 13.0 Å². The predicted octanol–water partition coefficient (Wildman–Crippen LogP) is 5.82. The van der Waals surface area contributed by atoms with Crippen LogP contribution in [0, 0.1) is 0 Å². The number of hydrogen-bond donors (Lipinski definition) is 0. The predicted molar refractivity (Wildman–Crippen MR) is 126 cm³/mol. The number of pyridine rings is 1.